The van der Waals surface area contributed by atoms with Crippen LogP contribution in [0.4, 0.5) is 5.69 Å². The molecule has 2 rings (SSSR count). The summed E-state index contributed by atoms with van der Waals surface area (Å²) in [5, 5.41) is 0. The molecule has 1 amide bonds. The second-order valence-electron chi connectivity index (χ2n) is 5.41. The van der Waals surface area contributed by atoms with Gasteiger partial charge in [-0.1, -0.05) is 26.0 Å². The van der Waals surface area contributed by atoms with Gasteiger partial charge in [0.2, 0.25) is 5.91 Å². The number of hydrogen-bond donors (Lipinski definition) is 0. The van der Waals surface area contributed by atoms with Crippen LogP contribution in [-0.2, 0) is 9.59 Å². The van der Waals surface area contributed by atoms with Crippen molar-refractivity contribution in [1.29, 1.82) is 0 Å². The van der Waals surface area contributed by atoms with E-state index in [9.17, 15) is 9.59 Å². The van der Waals surface area contributed by atoms with Gasteiger partial charge in [-0.15, -0.1) is 0 Å². The Kier molecular flexibility index (Phi) is 4.42. The number of nitrogens with zero attached hydrogens (tertiary/aromatic N) is 1. The van der Waals surface area contributed by atoms with Crippen molar-refractivity contribution in [2.45, 2.75) is 26.7 Å². The van der Waals surface area contributed by atoms with Crippen LogP contribution in [0.15, 0.2) is 24.3 Å². The van der Waals surface area contributed by atoms with Crippen molar-refractivity contribution in [1.82, 2.24) is 0 Å². The van der Waals surface area contributed by atoms with E-state index in [0.717, 1.165) is 12.1 Å². The van der Waals surface area contributed by atoms with Crippen LogP contribution in [0.1, 0.15) is 26.7 Å². The lowest BCUT2D eigenvalue weighted by atomic mass is 9.87. The van der Waals surface area contributed by atoms with Gasteiger partial charge in [0.05, 0.1) is 18.7 Å². The number of ether oxygens (including phenoxy) is 1. The standard InChI is InChI=1S/C16H21NO3/c1-11(2)15(18)12-7-6-10-17(16(12)19)13-8-4-5-9-14(13)20-3/h4-5,8-9,11-12H,6-7,10H2,1-3H3/t12-/m1/s1. The van der Waals surface area contributed by atoms with Crippen LogP contribution < -0.4 is 9.64 Å². The van der Waals surface area contributed by atoms with Gasteiger partial charge in [-0.25, -0.2) is 0 Å². The lowest BCUT2D eigenvalue weighted by Gasteiger charge is -2.33. The Labute approximate surface area is 119 Å². The first kappa shape index (κ1) is 14.6. The lowest BCUT2D eigenvalue weighted by Crippen LogP contribution is -2.45. The van der Waals surface area contributed by atoms with Crippen molar-refractivity contribution in [2.75, 3.05) is 18.6 Å². The maximum atomic E-state index is 12.6. The number of piperidine rings is 1. The Hall–Kier alpha value is -1.84. The van der Waals surface area contributed by atoms with E-state index in [1.165, 1.54) is 0 Å². The van der Waals surface area contributed by atoms with E-state index >= 15 is 0 Å². The first-order chi connectivity index (χ1) is 9.56. The molecule has 0 aromatic heterocycles. The molecule has 108 valence electrons. The molecule has 1 aromatic carbocycles. The van der Waals surface area contributed by atoms with E-state index in [0.29, 0.717) is 18.7 Å². The number of amides is 1. The van der Waals surface area contributed by atoms with Crippen molar-refractivity contribution in [2.24, 2.45) is 11.8 Å². The third-order valence-corrected chi connectivity index (χ3v) is 3.73. The number of anilines is 1. The van der Waals surface area contributed by atoms with Crippen LogP contribution in [-0.4, -0.2) is 25.3 Å². The van der Waals surface area contributed by atoms with Crippen LogP contribution in [0.3, 0.4) is 0 Å². The van der Waals surface area contributed by atoms with Crippen LogP contribution in [0.2, 0.25) is 0 Å². The third kappa shape index (κ3) is 2.69. The van der Waals surface area contributed by atoms with Gasteiger partial charge in [-0.2, -0.15) is 0 Å². The summed E-state index contributed by atoms with van der Waals surface area (Å²) >= 11 is 0. The maximum Gasteiger partial charge on any atom is 0.237 e. The zero-order valence-corrected chi connectivity index (χ0v) is 12.3. The second kappa shape index (κ2) is 6.07. The number of hydrogen-bond acceptors (Lipinski definition) is 3. The molecular formula is C16H21NO3. The average Bonchev–Trinajstić information content (AvgIpc) is 2.46. The van der Waals surface area contributed by atoms with Crippen LogP contribution in [0, 0.1) is 11.8 Å². The largest absolute Gasteiger partial charge is 0.495 e. The molecule has 0 bridgehead atoms. The van der Waals surface area contributed by atoms with Crippen LogP contribution >= 0.6 is 0 Å². The summed E-state index contributed by atoms with van der Waals surface area (Å²) in [6.07, 6.45) is 1.49. The summed E-state index contributed by atoms with van der Waals surface area (Å²) in [5.41, 5.74) is 0.751. The minimum absolute atomic E-state index is 0.0367. The maximum absolute atomic E-state index is 12.6. The third-order valence-electron chi connectivity index (χ3n) is 3.73. The summed E-state index contributed by atoms with van der Waals surface area (Å²) < 4.78 is 5.31. The van der Waals surface area contributed by atoms with Crippen molar-refractivity contribution in [3.63, 3.8) is 0 Å². The summed E-state index contributed by atoms with van der Waals surface area (Å²) in [7, 11) is 1.59. The monoisotopic (exact) mass is 275 g/mol. The van der Waals surface area contributed by atoms with E-state index in [1.807, 2.05) is 38.1 Å². The van der Waals surface area contributed by atoms with E-state index in [-0.39, 0.29) is 17.6 Å². The fourth-order valence-electron chi connectivity index (χ4n) is 2.63. The zero-order chi connectivity index (χ0) is 14.7. The topological polar surface area (TPSA) is 46.6 Å². The Morgan fingerprint density at radius 2 is 2.05 bits per heavy atom. The number of carbonyl (C=O) groups is 2. The van der Waals surface area contributed by atoms with Crippen LogP contribution in [0.25, 0.3) is 0 Å². The number of ketones is 1. The van der Waals surface area contributed by atoms with Gasteiger partial charge >= 0.3 is 0 Å². The molecular weight excluding hydrogens is 254 g/mol. The highest BCUT2D eigenvalue weighted by Gasteiger charge is 2.36. The highest BCUT2D eigenvalue weighted by molar-refractivity contribution is 6.10. The Balaban J connectivity index is 2.29. The second-order valence-corrected chi connectivity index (χ2v) is 5.41. The van der Waals surface area contributed by atoms with E-state index in [2.05, 4.69) is 0 Å². The zero-order valence-electron chi connectivity index (χ0n) is 12.3. The smallest absolute Gasteiger partial charge is 0.237 e. The minimum Gasteiger partial charge on any atom is -0.495 e. The molecule has 1 saturated heterocycles. The molecule has 0 unspecified atom stereocenters. The fourth-order valence-corrected chi connectivity index (χ4v) is 2.63. The molecule has 1 fully saturated rings. The quantitative estimate of drug-likeness (QED) is 0.794. The molecule has 1 aromatic rings. The van der Waals surface area contributed by atoms with Gasteiger partial charge < -0.3 is 9.64 Å². The summed E-state index contributed by atoms with van der Waals surface area (Å²) in [6.45, 7) is 4.33. The first-order valence-electron chi connectivity index (χ1n) is 7.04. The van der Waals surface area contributed by atoms with E-state index in [1.54, 1.807) is 12.0 Å². The van der Waals surface area contributed by atoms with E-state index in [4.69, 9.17) is 4.74 Å². The summed E-state index contributed by atoms with van der Waals surface area (Å²) in [5.74, 6) is -0.0113. The number of benzene rings is 1. The Morgan fingerprint density at radius 3 is 2.70 bits per heavy atom. The molecule has 1 aliphatic rings. The number of methoxy groups -OCH3 is 1. The van der Waals surface area contributed by atoms with Gasteiger partial charge in [0.15, 0.2) is 0 Å². The molecule has 1 heterocycles. The highest BCUT2D eigenvalue weighted by atomic mass is 16.5. The van der Waals surface area contributed by atoms with Crippen molar-refractivity contribution in [3.8, 4) is 5.75 Å². The number of rotatable bonds is 4. The molecule has 0 aliphatic carbocycles. The molecule has 0 radical (unpaired) electrons. The van der Waals surface area contributed by atoms with E-state index < -0.39 is 5.92 Å². The Morgan fingerprint density at radius 1 is 1.35 bits per heavy atom. The minimum atomic E-state index is -0.506. The molecule has 0 N–H and O–H groups in total. The number of para-hydroxylation sites is 2. The van der Waals surface area contributed by atoms with Crippen LogP contribution in [0.5, 0.6) is 5.75 Å². The predicted octanol–water partition coefficient (Wildman–Crippen LogP) is 2.66. The Bertz CT molecular complexity index is 510. The first-order valence-corrected chi connectivity index (χ1v) is 7.04. The molecule has 1 atom stereocenters. The molecule has 20 heavy (non-hydrogen) atoms. The predicted molar refractivity (Wildman–Crippen MR) is 77.9 cm³/mol. The molecule has 4 heteroatoms. The van der Waals surface area contributed by atoms with Gasteiger partial charge in [-0.05, 0) is 25.0 Å². The molecule has 0 saturated carbocycles. The molecule has 0 spiro atoms. The molecule has 1 aliphatic heterocycles. The SMILES string of the molecule is COc1ccccc1N1CCC[C@H](C(=O)C(C)C)C1=O. The number of carbonyl (C=O) groups excluding carboxylic acids is 2. The summed E-state index contributed by atoms with van der Waals surface area (Å²) in [6, 6.07) is 7.43. The van der Waals surface area contributed by atoms with Gasteiger partial charge in [0.1, 0.15) is 11.5 Å². The molecule has 4 nitrogen and oxygen atoms in total. The van der Waals surface area contributed by atoms with Gasteiger partial charge in [0.25, 0.3) is 0 Å². The van der Waals surface area contributed by atoms with Crippen molar-refractivity contribution >= 4 is 17.4 Å². The average molecular weight is 275 g/mol. The fraction of sp³-hybridized carbons (Fsp3) is 0.500. The normalized spacial score (nSPS) is 19.3. The van der Waals surface area contributed by atoms with Gasteiger partial charge in [-0.3, -0.25) is 9.59 Å². The highest BCUT2D eigenvalue weighted by Crippen LogP contribution is 2.32. The number of Topliss-reactive ketones (excluding diaryl/α,β-unsaturated/α-hetero) is 1. The lowest BCUT2D eigenvalue weighted by molar-refractivity contribution is -0.135. The van der Waals surface area contributed by atoms with Crippen molar-refractivity contribution in [3.05, 3.63) is 24.3 Å². The van der Waals surface area contributed by atoms with Gasteiger partial charge in [0, 0.05) is 12.5 Å². The summed E-state index contributed by atoms with van der Waals surface area (Å²) in [4.78, 5) is 26.4. The van der Waals surface area contributed by atoms with Crippen molar-refractivity contribution < 1.29 is 14.3 Å².